The summed E-state index contributed by atoms with van der Waals surface area (Å²) in [6, 6.07) is 4.39. The standard InChI is InChI=1S/C18H25FN2O3/c1-18(2,8-10-22)12-20-16(23)7-9-21-15-5-4-14(19)11-13(15)3-6-17(21)24/h4-5,11,22H,3,6-10,12H2,1-2H3,(H,20,23). The van der Waals surface area contributed by atoms with E-state index < -0.39 is 0 Å². The van der Waals surface area contributed by atoms with Crippen molar-refractivity contribution in [1.29, 1.82) is 0 Å². The normalized spacial score (nSPS) is 14.5. The van der Waals surface area contributed by atoms with Gasteiger partial charge in [0.1, 0.15) is 5.82 Å². The summed E-state index contributed by atoms with van der Waals surface area (Å²) in [4.78, 5) is 25.7. The summed E-state index contributed by atoms with van der Waals surface area (Å²) >= 11 is 0. The van der Waals surface area contributed by atoms with Crippen LogP contribution < -0.4 is 10.2 Å². The third-order valence-corrected chi connectivity index (χ3v) is 4.36. The predicted molar refractivity (Wildman–Crippen MR) is 90.2 cm³/mol. The molecule has 1 heterocycles. The van der Waals surface area contributed by atoms with Gasteiger partial charge in [0.2, 0.25) is 11.8 Å². The Kier molecular flexibility index (Phi) is 5.94. The number of anilines is 1. The van der Waals surface area contributed by atoms with Gasteiger partial charge >= 0.3 is 0 Å². The molecule has 24 heavy (non-hydrogen) atoms. The Morgan fingerprint density at radius 1 is 1.38 bits per heavy atom. The molecule has 0 spiro atoms. The number of aryl methyl sites for hydroxylation is 1. The molecule has 0 saturated heterocycles. The fraction of sp³-hybridized carbons (Fsp3) is 0.556. The second-order valence-corrected chi connectivity index (χ2v) is 6.98. The molecule has 0 aliphatic carbocycles. The first-order valence-electron chi connectivity index (χ1n) is 8.29. The largest absolute Gasteiger partial charge is 0.396 e. The van der Waals surface area contributed by atoms with E-state index in [1.165, 1.54) is 12.1 Å². The van der Waals surface area contributed by atoms with E-state index in [0.717, 1.165) is 5.56 Å². The number of halogens is 1. The number of aliphatic hydroxyl groups excluding tert-OH is 1. The van der Waals surface area contributed by atoms with Crippen LogP contribution in [0.5, 0.6) is 0 Å². The lowest BCUT2D eigenvalue weighted by Gasteiger charge is -2.29. The van der Waals surface area contributed by atoms with E-state index in [0.29, 0.717) is 31.5 Å². The summed E-state index contributed by atoms with van der Waals surface area (Å²) in [5.74, 6) is -0.488. The third-order valence-electron chi connectivity index (χ3n) is 4.36. The van der Waals surface area contributed by atoms with Gasteiger partial charge in [0.25, 0.3) is 0 Å². The fourth-order valence-electron chi connectivity index (χ4n) is 2.80. The molecule has 132 valence electrons. The van der Waals surface area contributed by atoms with Gasteiger partial charge in [0, 0.05) is 38.2 Å². The molecule has 5 nitrogen and oxygen atoms in total. The summed E-state index contributed by atoms with van der Waals surface area (Å²) in [6.07, 6.45) is 1.67. The molecular formula is C18H25FN2O3. The Morgan fingerprint density at radius 3 is 2.83 bits per heavy atom. The smallest absolute Gasteiger partial charge is 0.227 e. The van der Waals surface area contributed by atoms with Crippen molar-refractivity contribution in [2.24, 2.45) is 5.41 Å². The summed E-state index contributed by atoms with van der Waals surface area (Å²) < 4.78 is 13.3. The lowest BCUT2D eigenvalue weighted by molar-refractivity contribution is -0.121. The Labute approximate surface area is 141 Å². The summed E-state index contributed by atoms with van der Waals surface area (Å²) in [5, 5.41) is 11.8. The average Bonchev–Trinajstić information content (AvgIpc) is 2.52. The van der Waals surface area contributed by atoms with Gasteiger partial charge in [-0.1, -0.05) is 13.8 Å². The summed E-state index contributed by atoms with van der Waals surface area (Å²) in [5.41, 5.74) is 1.33. The number of nitrogens with one attached hydrogen (secondary N) is 1. The minimum Gasteiger partial charge on any atom is -0.396 e. The van der Waals surface area contributed by atoms with Crippen molar-refractivity contribution in [1.82, 2.24) is 5.32 Å². The molecule has 2 N–H and O–H groups in total. The van der Waals surface area contributed by atoms with Gasteiger partial charge in [0.05, 0.1) is 0 Å². The Balaban J connectivity index is 1.92. The molecule has 0 fully saturated rings. The van der Waals surface area contributed by atoms with Crippen LogP contribution in [0.1, 0.15) is 38.7 Å². The average molecular weight is 336 g/mol. The van der Waals surface area contributed by atoms with E-state index in [2.05, 4.69) is 5.32 Å². The number of fused-ring (bicyclic) bond motifs is 1. The molecule has 2 amide bonds. The van der Waals surface area contributed by atoms with Crippen molar-refractivity contribution >= 4 is 17.5 Å². The number of nitrogens with zero attached hydrogens (tertiary/aromatic N) is 1. The van der Waals surface area contributed by atoms with Crippen LogP contribution in [-0.4, -0.2) is 36.6 Å². The monoisotopic (exact) mass is 336 g/mol. The molecule has 0 aromatic heterocycles. The van der Waals surface area contributed by atoms with Crippen molar-refractivity contribution in [2.45, 2.75) is 39.5 Å². The SMILES string of the molecule is CC(C)(CCO)CNC(=O)CCN1C(=O)CCc2cc(F)ccc21. The maximum atomic E-state index is 13.3. The highest BCUT2D eigenvalue weighted by atomic mass is 19.1. The van der Waals surface area contributed by atoms with Crippen LogP contribution in [0.15, 0.2) is 18.2 Å². The van der Waals surface area contributed by atoms with Gasteiger partial charge in [0.15, 0.2) is 0 Å². The van der Waals surface area contributed by atoms with Crippen LogP contribution in [0.4, 0.5) is 10.1 Å². The minimum absolute atomic E-state index is 0.0393. The molecule has 1 aromatic carbocycles. The number of carbonyl (C=O) groups excluding carboxylic acids is 2. The first kappa shape index (κ1) is 18.4. The quantitative estimate of drug-likeness (QED) is 0.800. The molecular weight excluding hydrogens is 311 g/mol. The van der Waals surface area contributed by atoms with Crippen LogP contribution in [0.25, 0.3) is 0 Å². The molecule has 6 heteroatoms. The van der Waals surface area contributed by atoms with Crippen molar-refractivity contribution in [3.8, 4) is 0 Å². The number of amides is 2. The number of hydrogen-bond acceptors (Lipinski definition) is 3. The predicted octanol–water partition coefficient (Wildman–Crippen LogP) is 2.02. The van der Waals surface area contributed by atoms with E-state index >= 15 is 0 Å². The van der Waals surface area contributed by atoms with Crippen molar-refractivity contribution in [2.75, 3.05) is 24.6 Å². The first-order chi connectivity index (χ1) is 11.3. The number of aliphatic hydroxyl groups is 1. The van der Waals surface area contributed by atoms with Crippen LogP contribution in [0.2, 0.25) is 0 Å². The number of hydrogen-bond donors (Lipinski definition) is 2. The highest BCUT2D eigenvalue weighted by Gasteiger charge is 2.25. The Morgan fingerprint density at radius 2 is 2.12 bits per heavy atom. The van der Waals surface area contributed by atoms with Gasteiger partial charge in [-0.3, -0.25) is 9.59 Å². The highest BCUT2D eigenvalue weighted by molar-refractivity contribution is 5.97. The number of rotatable bonds is 7. The topological polar surface area (TPSA) is 69.6 Å². The van der Waals surface area contributed by atoms with Crippen molar-refractivity contribution in [3.63, 3.8) is 0 Å². The second-order valence-electron chi connectivity index (χ2n) is 6.98. The van der Waals surface area contributed by atoms with Gasteiger partial charge in [-0.2, -0.15) is 0 Å². The number of benzene rings is 1. The van der Waals surface area contributed by atoms with Crippen LogP contribution in [0.3, 0.4) is 0 Å². The second kappa shape index (κ2) is 7.75. The molecule has 0 unspecified atom stereocenters. The van der Waals surface area contributed by atoms with E-state index in [9.17, 15) is 14.0 Å². The van der Waals surface area contributed by atoms with Crippen molar-refractivity contribution < 1.29 is 19.1 Å². The lowest BCUT2D eigenvalue weighted by atomic mass is 9.90. The molecule has 0 atom stereocenters. The van der Waals surface area contributed by atoms with E-state index in [-0.39, 0.29) is 42.6 Å². The van der Waals surface area contributed by atoms with Gasteiger partial charge in [-0.05, 0) is 42.0 Å². The van der Waals surface area contributed by atoms with E-state index in [1.807, 2.05) is 13.8 Å². The fourth-order valence-corrected chi connectivity index (χ4v) is 2.80. The lowest BCUT2D eigenvalue weighted by Crippen LogP contribution is -2.40. The third kappa shape index (κ3) is 4.77. The minimum atomic E-state index is -0.313. The van der Waals surface area contributed by atoms with Gasteiger partial charge in [-0.25, -0.2) is 4.39 Å². The van der Waals surface area contributed by atoms with E-state index in [4.69, 9.17) is 5.11 Å². The maximum absolute atomic E-state index is 13.3. The highest BCUT2D eigenvalue weighted by Crippen LogP contribution is 2.28. The van der Waals surface area contributed by atoms with Crippen LogP contribution >= 0.6 is 0 Å². The zero-order chi connectivity index (χ0) is 17.7. The molecule has 1 aromatic rings. The molecule has 0 bridgehead atoms. The molecule has 0 saturated carbocycles. The molecule has 1 aliphatic rings. The number of carbonyl (C=O) groups is 2. The maximum Gasteiger partial charge on any atom is 0.227 e. The molecule has 2 rings (SSSR count). The summed E-state index contributed by atoms with van der Waals surface area (Å²) in [7, 11) is 0. The van der Waals surface area contributed by atoms with Crippen LogP contribution in [0, 0.1) is 11.2 Å². The van der Waals surface area contributed by atoms with Gasteiger partial charge in [-0.15, -0.1) is 0 Å². The Bertz CT molecular complexity index is 616. The summed E-state index contributed by atoms with van der Waals surface area (Å²) in [6.45, 7) is 4.79. The zero-order valence-electron chi connectivity index (χ0n) is 14.3. The van der Waals surface area contributed by atoms with Crippen molar-refractivity contribution in [3.05, 3.63) is 29.6 Å². The molecule has 0 radical (unpaired) electrons. The molecule has 1 aliphatic heterocycles. The Hall–Kier alpha value is -1.95. The zero-order valence-corrected chi connectivity index (χ0v) is 14.3. The van der Waals surface area contributed by atoms with Gasteiger partial charge < -0.3 is 15.3 Å². The first-order valence-corrected chi connectivity index (χ1v) is 8.29. The van der Waals surface area contributed by atoms with E-state index in [1.54, 1.807) is 11.0 Å². The van der Waals surface area contributed by atoms with Crippen LogP contribution in [-0.2, 0) is 16.0 Å².